The lowest BCUT2D eigenvalue weighted by molar-refractivity contribution is 0.0528. The van der Waals surface area contributed by atoms with E-state index in [9.17, 15) is 9.90 Å². The van der Waals surface area contributed by atoms with Crippen molar-refractivity contribution in [2.45, 2.75) is 6.10 Å². The fourth-order valence-corrected chi connectivity index (χ4v) is 3.36. The molecule has 5 heteroatoms. The maximum absolute atomic E-state index is 12.3. The summed E-state index contributed by atoms with van der Waals surface area (Å²) in [7, 11) is 0. The summed E-state index contributed by atoms with van der Waals surface area (Å²) in [5, 5.41) is 14.1. The zero-order chi connectivity index (χ0) is 15.4. The van der Waals surface area contributed by atoms with E-state index in [-0.39, 0.29) is 5.91 Å². The maximum Gasteiger partial charge on any atom is 0.254 e. The van der Waals surface area contributed by atoms with Gasteiger partial charge in [0.05, 0.1) is 11.7 Å². The summed E-state index contributed by atoms with van der Waals surface area (Å²) in [6.45, 7) is 3.66. The van der Waals surface area contributed by atoms with Crippen molar-refractivity contribution in [2.24, 2.45) is 0 Å². The lowest BCUT2D eigenvalue weighted by Crippen LogP contribution is -2.49. The molecule has 0 unspecified atom stereocenters. The van der Waals surface area contributed by atoms with Gasteiger partial charge in [0.2, 0.25) is 0 Å². The van der Waals surface area contributed by atoms with Gasteiger partial charge in [-0.25, -0.2) is 0 Å². The molecule has 1 aliphatic rings. The van der Waals surface area contributed by atoms with Crippen LogP contribution in [0.4, 0.5) is 0 Å². The van der Waals surface area contributed by atoms with Crippen molar-refractivity contribution in [1.29, 1.82) is 0 Å². The number of hydrogen-bond acceptors (Lipinski definition) is 4. The zero-order valence-corrected chi connectivity index (χ0v) is 13.2. The summed E-state index contributed by atoms with van der Waals surface area (Å²) in [5.41, 5.74) is 1.72. The van der Waals surface area contributed by atoms with Crippen molar-refractivity contribution in [3.05, 3.63) is 58.3 Å². The highest BCUT2D eigenvalue weighted by molar-refractivity contribution is 7.08. The molecule has 3 rings (SSSR count). The van der Waals surface area contributed by atoms with Crippen molar-refractivity contribution in [3.63, 3.8) is 0 Å². The van der Waals surface area contributed by atoms with Crippen molar-refractivity contribution < 1.29 is 9.90 Å². The first-order valence-corrected chi connectivity index (χ1v) is 8.45. The van der Waals surface area contributed by atoms with Gasteiger partial charge in [0.25, 0.3) is 5.91 Å². The predicted octanol–water partition coefficient (Wildman–Crippen LogP) is 2.24. The molecule has 4 nitrogen and oxygen atoms in total. The molecule has 1 aromatic heterocycles. The predicted molar refractivity (Wildman–Crippen MR) is 88.1 cm³/mol. The number of aliphatic hydroxyl groups excluding tert-OH is 1. The minimum atomic E-state index is -0.472. The van der Waals surface area contributed by atoms with E-state index in [1.54, 1.807) is 11.3 Å². The molecular formula is C17H20N2O2S. The number of β-amino-alcohol motifs (C(OH)–C–C–N with tert-alkyl or cyclic N) is 1. The van der Waals surface area contributed by atoms with Gasteiger partial charge in [-0.15, -0.1) is 0 Å². The first kappa shape index (κ1) is 15.2. The van der Waals surface area contributed by atoms with E-state index < -0.39 is 6.10 Å². The summed E-state index contributed by atoms with van der Waals surface area (Å²) in [4.78, 5) is 16.4. The Bertz CT molecular complexity index is 592. The highest BCUT2D eigenvalue weighted by Crippen LogP contribution is 2.16. The third kappa shape index (κ3) is 3.55. The zero-order valence-electron chi connectivity index (χ0n) is 12.4. The lowest BCUT2D eigenvalue weighted by atomic mass is 10.1. The quantitative estimate of drug-likeness (QED) is 0.941. The van der Waals surface area contributed by atoms with Crippen molar-refractivity contribution in [2.75, 3.05) is 32.7 Å². The molecule has 1 amide bonds. The van der Waals surface area contributed by atoms with E-state index in [2.05, 4.69) is 4.90 Å². The van der Waals surface area contributed by atoms with Crippen LogP contribution < -0.4 is 0 Å². The lowest BCUT2D eigenvalue weighted by Gasteiger charge is -2.35. The van der Waals surface area contributed by atoms with Gasteiger partial charge in [-0.1, -0.05) is 30.3 Å². The Balaban J connectivity index is 1.51. The minimum Gasteiger partial charge on any atom is -0.387 e. The van der Waals surface area contributed by atoms with Crippen LogP contribution in [0.2, 0.25) is 0 Å². The molecule has 1 N–H and O–H groups in total. The van der Waals surface area contributed by atoms with E-state index in [0.29, 0.717) is 6.54 Å². The summed E-state index contributed by atoms with van der Waals surface area (Å²) in [5.74, 6) is 0.115. The highest BCUT2D eigenvalue weighted by Gasteiger charge is 2.23. The number of aliphatic hydroxyl groups is 1. The number of nitrogens with zero attached hydrogens (tertiary/aromatic N) is 2. The second-order valence-corrected chi connectivity index (χ2v) is 6.31. The summed E-state index contributed by atoms with van der Waals surface area (Å²) < 4.78 is 0. The minimum absolute atomic E-state index is 0.115. The van der Waals surface area contributed by atoms with Crippen LogP contribution in [-0.2, 0) is 0 Å². The number of benzene rings is 1. The van der Waals surface area contributed by atoms with Crippen LogP contribution in [0.3, 0.4) is 0 Å². The molecule has 116 valence electrons. The Morgan fingerprint density at radius 2 is 1.86 bits per heavy atom. The van der Waals surface area contributed by atoms with Gasteiger partial charge >= 0.3 is 0 Å². The molecule has 0 radical (unpaired) electrons. The second kappa shape index (κ2) is 7.05. The normalized spacial score (nSPS) is 17.4. The van der Waals surface area contributed by atoms with Gasteiger partial charge < -0.3 is 10.0 Å². The first-order chi connectivity index (χ1) is 10.7. The molecule has 1 atom stereocenters. The van der Waals surface area contributed by atoms with Gasteiger partial charge in [-0.2, -0.15) is 11.3 Å². The molecule has 0 aliphatic carbocycles. The van der Waals surface area contributed by atoms with Gasteiger partial charge in [0.15, 0.2) is 0 Å². The van der Waals surface area contributed by atoms with E-state index in [0.717, 1.165) is 37.3 Å². The van der Waals surface area contributed by atoms with E-state index in [1.165, 1.54) is 0 Å². The molecule has 0 bridgehead atoms. The Labute approximate surface area is 134 Å². The highest BCUT2D eigenvalue weighted by atomic mass is 32.1. The van der Waals surface area contributed by atoms with Crippen LogP contribution in [0.1, 0.15) is 22.0 Å². The van der Waals surface area contributed by atoms with Crippen LogP contribution in [-0.4, -0.2) is 53.5 Å². The van der Waals surface area contributed by atoms with E-state index in [4.69, 9.17) is 0 Å². The molecular weight excluding hydrogens is 296 g/mol. The van der Waals surface area contributed by atoms with Gasteiger partial charge in [-0.3, -0.25) is 9.69 Å². The Morgan fingerprint density at radius 3 is 2.50 bits per heavy atom. The molecule has 2 heterocycles. The molecule has 22 heavy (non-hydrogen) atoms. The van der Waals surface area contributed by atoms with Crippen LogP contribution in [0.5, 0.6) is 0 Å². The Hall–Kier alpha value is -1.69. The maximum atomic E-state index is 12.3. The SMILES string of the molecule is O=C(c1ccsc1)N1CCN(C[C@@H](O)c2ccccc2)CC1. The summed E-state index contributed by atoms with van der Waals surface area (Å²) in [6, 6.07) is 11.6. The van der Waals surface area contributed by atoms with Crippen LogP contribution in [0, 0.1) is 0 Å². The van der Waals surface area contributed by atoms with Gasteiger partial charge in [-0.05, 0) is 17.0 Å². The van der Waals surface area contributed by atoms with E-state index >= 15 is 0 Å². The number of carbonyl (C=O) groups is 1. The van der Waals surface area contributed by atoms with Gasteiger partial charge in [0, 0.05) is 38.1 Å². The number of thiophene rings is 1. The van der Waals surface area contributed by atoms with Crippen molar-refractivity contribution >= 4 is 17.2 Å². The molecule has 1 saturated heterocycles. The van der Waals surface area contributed by atoms with Crippen LogP contribution >= 0.6 is 11.3 Å². The third-order valence-electron chi connectivity index (χ3n) is 4.04. The monoisotopic (exact) mass is 316 g/mol. The average molecular weight is 316 g/mol. The molecule has 0 spiro atoms. The van der Waals surface area contributed by atoms with Crippen LogP contribution in [0.15, 0.2) is 47.2 Å². The number of rotatable bonds is 4. The number of hydrogen-bond donors (Lipinski definition) is 1. The van der Waals surface area contributed by atoms with Gasteiger partial charge in [0.1, 0.15) is 0 Å². The molecule has 1 aromatic carbocycles. The molecule has 2 aromatic rings. The first-order valence-electron chi connectivity index (χ1n) is 7.51. The van der Waals surface area contributed by atoms with Crippen molar-refractivity contribution in [3.8, 4) is 0 Å². The molecule has 0 saturated carbocycles. The summed E-state index contributed by atoms with van der Waals surface area (Å²) in [6.07, 6.45) is -0.472. The molecule has 1 aliphatic heterocycles. The van der Waals surface area contributed by atoms with Crippen LogP contribution in [0.25, 0.3) is 0 Å². The largest absolute Gasteiger partial charge is 0.387 e. The second-order valence-electron chi connectivity index (χ2n) is 5.53. The smallest absolute Gasteiger partial charge is 0.254 e. The third-order valence-corrected chi connectivity index (χ3v) is 4.73. The standard InChI is InChI=1S/C17H20N2O2S/c20-16(14-4-2-1-3-5-14)12-18-7-9-19(10-8-18)17(21)15-6-11-22-13-15/h1-6,11,13,16,20H,7-10,12H2/t16-/m1/s1. The Kier molecular flexibility index (Phi) is 4.87. The fraction of sp³-hybridized carbons (Fsp3) is 0.353. The fourth-order valence-electron chi connectivity index (χ4n) is 2.73. The molecule has 1 fully saturated rings. The number of carbonyl (C=O) groups excluding carboxylic acids is 1. The number of piperazine rings is 1. The van der Waals surface area contributed by atoms with E-state index in [1.807, 2.05) is 52.1 Å². The average Bonchev–Trinajstić information content (AvgIpc) is 3.10. The summed E-state index contributed by atoms with van der Waals surface area (Å²) >= 11 is 1.55. The van der Waals surface area contributed by atoms with Crippen molar-refractivity contribution in [1.82, 2.24) is 9.80 Å². The topological polar surface area (TPSA) is 43.8 Å². The Morgan fingerprint density at radius 1 is 1.14 bits per heavy atom. The number of amides is 1.